The van der Waals surface area contributed by atoms with Crippen molar-refractivity contribution in [2.75, 3.05) is 24.7 Å². The third kappa shape index (κ3) is 3.82. The van der Waals surface area contributed by atoms with Gasteiger partial charge in [-0.15, -0.1) is 0 Å². The van der Waals surface area contributed by atoms with E-state index in [0.717, 1.165) is 6.26 Å². The summed E-state index contributed by atoms with van der Waals surface area (Å²) in [4.78, 5) is 11.4. The van der Waals surface area contributed by atoms with Crippen molar-refractivity contribution in [2.45, 2.75) is 18.2 Å². The summed E-state index contributed by atoms with van der Waals surface area (Å²) in [5.74, 6) is -0.125. The number of rotatable bonds is 6. The van der Waals surface area contributed by atoms with Gasteiger partial charge in [0.05, 0.1) is 10.6 Å². The maximum atomic E-state index is 11.6. The first-order valence-corrected chi connectivity index (χ1v) is 7.45. The van der Waals surface area contributed by atoms with Crippen LogP contribution in [0.1, 0.15) is 23.7 Å². The lowest BCUT2D eigenvalue weighted by atomic mass is 10.1. The Morgan fingerprint density at radius 1 is 1.39 bits per heavy atom. The lowest BCUT2D eigenvalue weighted by Gasteiger charge is -2.11. The van der Waals surface area contributed by atoms with E-state index in [-0.39, 0.29) is 17.3 Å². The molecule has 0 atom stereocenters. The van der Waals surface area contributed by atoms with Crippen LogP contribution in [0.3, 0.4) is 0 Å². The van der Waals surface area contributed by atoms with Crippen LogP contribution in [0.5, 0.6) is 0 Å². The highest BCUT2D eigenvalue weighted by Crippen LogP contribution is 2.23. The van der Waals surface area contributed by atoms with E-state index in [1.54, 1.807) is 0 Å². The Bertz CT molecular complexity index is 537. The molecule has 0 spiro atoms. The zero-order valence-corrected chi connectivity index (χ0v) is 11.3. The molecular formula is C12H17NO4S. The number of carbonyl (C=O) groups excluding carboxylic acids is 1. The van der Waals surface area contributed by atoms with Gasteiger partial charge in [0.1, 0.15) is 0 Å². The first-order chi connectivity index (χ1) is 8.36. The molecule has 0 aromatic heterocycles. The highest BCUT2D eigenvalue weighted by atomic mass is 32.2. The molecule has 6 heteroatoms. The van der Waals surface area contributed by atoms with Gasteiger partial charge in [-0.2, -0.15) is 0 Å². The minimum Gasteiger partial charge on any atom is -0.396 e. The number of sulfone groups is 1. The molecule has 0 amide bonds. The number of aliphatic hydroxyl groups is 1. The second-order valence-electron chi connectivity index (χ2n) is 4.04. The van der Waals surface area contributed by atoms with Gasteiger partial charge in [0, 0.05) is 25.0 Å². The van der Waals surface area contributed by atoms with Gasteiger partial charge in [-0.1, -0.05) is 0 Å². The summed E-state index contributed by atoms with van der Waals surface area (Å²) < 4.78 is 23.2. The van der Waals surface area contributed by atoms with Crippen molar-refractivity contribution in [1.82, 2.24) is 0 Å². The smallest absolute Gasteiger partial charge is 0.177 e. The molecule has 0 heterocycles. The quantitative estimate of drug-likeness (QED) is 0.597. The first kappa shape index (κ1) is 14.7. The number of ketones is 1. The van der Waals surface area contributed by atoms with E-state index in [2.05, 4.69) is 5.32 Å². The Morgan fingerprint density at radius 3 is 2.56 bits per heavy atom. The van der Waals surface area contributed by atoms with E-state index >= 15 is 0 Å². The van der Waals surface area contributed by atoms with Crippen molar-refractivity contribution >= 4 is 21.3 Å². The van der Waals surface area contributed by atoms with E-state index in [4.69, 9.17) is 5.11 Å². The monoisotopic (exact) mass is 271 g/mol. The molecule has 1 aromatic carbocycles. The number of hydrogen-bond acceptors (Lipinski definition) is 5. The Hall–Kier alpha value is -1.40. The van der Waals surface area contributed by atoms with Crippen LogP contribution in [0.2, 0.25) is 0 Å². The average Bonchev–Trinajstić information content (AvgIpc) is 2.27. The van der Waals surface area contributed by atoms with Gasteiger partial charge in [-0.3, -0.25) is 4.79 Å². The Kier molecular flexibility index (Phi) is 4.86. The van der Waals surface area contributed by atoms with Gasteiger partial charge in [0.15, 0.2) is 15.6 Å². The number of aliphatic hydroxyl groups excluding tert-OH is 1. The molecule has 0 radical (unpaired) electrons. The molecule has 100 valence electrons. The van der Waals surface area contributed by atoms with Gasteiger partial charge in [-0.05, 0) is 31.5 Å². The average molecular weight is 271 g/mol. The van der Waals surface area contributed by atoms with E-state index in [0.29, 0.717) is 24.2 Å². The zero-order chi connectivity index (χ0) is 13.8. The maximum Gasteiger partial charge on any atom is 0.177 e. The summed E-state index contributed by atoms with van der Waals surface area (Å²) >= 11 is 0. The van der Waals surface area contributed by atoms with Gasteiger partial charge in [0.2, 0.25) is 0 Å². The number of hydrogen-bond donors (Lipinski definition) is 2. The van der Waals surface area contributed by atoms with Crippen LogP contribution in [0.15, 0.2) is 23.1 Å². The molecule has 0 bridgehead atoms. The van der Waals surface area contributed by atoms with Crippen molar-refractivity contribution < 1.29 is 18.3 Å². The summed E-state index contributed by atoms with van der Waals surface area (Å²) in [6.45, 7) is 1.89. The van der Waals surface area contributed by atoms with E-state index in [1.807, 2.05) is 0 Å². The van der Waals surface area contributed by atoms with E-state index in [1.165, 1.54) is 25.1 Å². The van der Waals surface area contributed by atoms with Crippen LogP contribution in [0, 0.1) is 0 Å². The van der Waals surface area contributed by atoms with Crippen molar-refractivity contribution in [3.8, 4) is 0 Å². The highest BCUT2D eigenvalue weighted by Gasteiger charge is 2.14. The van der Waals surface area contributed by atoms with Crippen molar-refractivity contribution in [2.24, 2.45) is 0 Å². The fourth-order valence-electron chi connectivity index (χ4n) is 1.51. The van der Waals surface area contributed by atoms with Gasteiger partial charge in [-0.25, -0.2) is 8.42 Å². The number of benzene rings is 1. The van der Waals surface area contributed by atoms with Crippen molar-refractivity contribution in [3.63, 3.8) is 0 Å². The largest absolute Gasteiger partial charge is 0.396 e. The van der Waals surface area contributed by atoms with Crippen LogP contribution in [0.25, 0.3) is 0 Å². The fraction of sp³-hybridized carbons (Fsp3) is 0.417. The Morgan fingerprint density at radius 2 is 2.06 bits per heavy atom. The molecule has 0 aliphatic carbocycles. The molecular weight excluding hydrogens is 254 g/mol. The molecule has 0 aliphatic heterocycles. The number of Topliss-reactive ketones (excluding diaryl/α,β-unsaturated/α-hetero) is 1. The van der Waals surface area contributed by atoms with Crippen LogP contribution in [-0.4, -0.2) is 38.7 Å². The van der Waals surface area contributed by atoms with E-state index in [9.17, 15) is 13.2 Å². The van der Waals surface area contributed by atoms with Crippen LogP contribution in [0.4, 0.5) is 5.69 Å². The number of nitrogens with one attached hydrogen (secondary N) is 1. The Labute approximate surface area is 107 Å². The second-order valence-corrected chi connectivity index (χ2v) is 6.03. The SMILES string of the molecule is CC(=O)c1ccc(S(C)(=O)=O)c(NCCCO)c1. The lowest BCUT2D eigenvalue weighted by molar-refractivity contribution is 0.101. The van der Waals surface area contributed by atoms with Crippen molar-refractivity contribution in [1.29, 1.82) is 0 Å². The van der Waals surface area contributed by atoms with Gasteiger partial charge in [0.25, 0.3) is 0 Å². The predicted molar refractivity (Wildman–Crippen MR) is 69.7 cm³/mol. The minimum atomic E-state index is -3.35. The van der Waals surface area contributed by atoms with Gasteiger partial charge >= 0.3 is 0 Å². The molecule has 0 fully saturated rings. The molecule has 1 aromatic rings. The van der Waals surface area contributed by atoms with Crippen molar-refractivity contribution in [3.05, 3.63) is 23.8 Å². The molecule has 0 saturated heterocycles. The van der Waals surface area contributed by atoms with E-state index < -0.39 is 9.84 Å². The number of anilines is 1. The van der Waals surface area contributed by atoms with Crippen LogP contribution in [-0.2, 0) is 9.84 Å². The molecule has 5 nitrogen and oxygen atoms in total. The molecule has 18 heavy (non-hydrogen) atoms. The topological polar surface area (TPSA) is 83.5 Å². The third-order valence-corrected chi connectivity index (χ3v) is 3.59. The summed E-state index contributed by atoms with van der Waals surface area (Å²) in [7, 11) is -3.35. The van der Waals surface area contributed by atoms with Crippen LogP contribution >= 0.6 is 0 Å². The standard InChI is InChI=1S/C12H17NO4S/c1-9(15)10-4-5-12(18(2,16)17)11(8-10)13-6-3-7-14/h4-5,8,13-14H,3,6-7H2,1-2H3. The van der Waals surface area contributed by atoms with Gasteiger partial charge < -0.3 is 10.4 Å². The minimum absolute atomic E-state index is 0.0214. The summed E-state index contributed by atoms with van der Waals surface area (Å²) in [5, 5.41) is 11.6. The maximum absolute atomic E-state index is 11.6. The molecule has 0 saturated carbocycles. The van der Waals surface area contributed by atoms with Crippen LogP contribution < -0.4 is 5.32 Å². The lowest BCUT2D eigenvalue weighted by Crippen LogP contribution is -2.09. The first-order valence-electron chi connectivity index (χ1n) is 5.56. The normalized spacial score (nSPS) is 11.3. The number of carbonyl (C=O) groups is 1. The molecule has 2 N–H and O–H groups in total. The predicted octanol–water partition coefficient (Wildman–Crippen LogP) is 1.09. The summed E-state index contributed by atoms with van der Waals surface area (Å²) in [6.07, 6.45) is 1.63. The fourth-order valence-corrected chi connectivity index (χ4v) is 2.36. The third-order valence-electron chi connectivity index (χ3n) is 2.44. The second kappa shape index (κ2) is 5.97. The molecule has 1 rings (SSSR count). The highest BCUT2D eigenvalue weighted by molar-refractivity contribution is 7.90. The summed E-state index contributed by atoms with van der Waals surface area (Å²) in [5.41, 5.74) is 0.854. The summed E-state index contributed by atoms with van der Waals surface area (Å²) in [6, 6.07) is 4.44. The molecule has 0 aliphatic rings. The Balaban J connectivity index is 3.14. The zero-order valence-electron chi connectivity index (χ0n) is 10.4. The molecule has 0 unspecified atom stereocenters.